The zero-order valence-electron chi connectivity index (χ0n) is 39.6. The van der Waals surface area contributed by atoms with Crippen LogP contribution in [0.5, 0.6) is 0 Å². The number of nitrogens with two attached hydrogens (primary N) is 1. The summed E-state index contributed by atoms with van der Waals surface area (Å²) in [6.45, 7) is 17.1. The molecule has 0 bridgehead atoms. The number of carbonyl (C=O) groups excluding carboxylic acids is 5. The minimum atomic E-state index is -1.28. The van der Waals surface area contributed by atoms with Crippen molar-refractivity contribution in [1.82, 2.24) is 16.0 Å². The number of hydrogen-bond donors (Lipinski definition) is 6. The lowest BCUT2D eigenvalue weighted by molar-refractivity contribution is -0.132. The smallest absolute Gasteiger partial charge is 0.247 e. The van der Waals surface area contributed by atoms with E-state index in [0.717, 1.165) is 48.3 Å². The first-order chi connectivity index (χ1) is 29.9. The Bertz CT molecular complexity index is 1750. The molecule has 1 aromatic rings. The third-order valence-electron chi connectivity index (χ3n) is 15.6. The first-order valence-electron chi connectivity index (χ1n) is 24.4. The van der Waals surface area contributed by atoms with Crippen LogP contribution in [0.1, 0.15) is 157 Å². The molecule has 12 heteroatoms. The SMILES string of the molecule is CC(C)CCCC(C)[C@H]1CCC2[C@@H]3CC=C4C[C@@H](OCCCNC(=O)CCC(=O)NC(CC(C)C)C(=O)N[C@@H](CC(N)=O)C(=O)Nc5ccc(CO)cc5)CC[C@]4(C)[C@H]3CC[C@@]21C. The summed E-state index contributed by atoms with van der Waals surface area (Å²) in [5.41, 5.74) is 8.86. The molecular formula is C51H81N5O7. The summed E-state index contributed by atoms with van der Waals surface area (Å²) in [7, 11) is 0. The molecule has 3 unspecified atom stereocenters. The maximum Gasteiger partial charge on any atom is 0.247 e. The summed E-state index contributed by atoms with van der Waals surface area (Å²) in [6, 6.07) is 4.18. The molecule has 4 aliphatic carbocycles. The van der Waals surface area contributed by atoms with Gasteiger partial charge in [0.05, 0.1) is 19.1 Å². The van der Waals surface area contributed by atoms with Gasteiger partial charge in [0, 0.05) is 31.7 Å². The summed E-state index contributed by atoms with van der Waals surface area (Å²) < 4.78 is 6.41. The molecule has 63 heavy (non-hydrogen) atoms. The van der Waals surface area contributed by atoms with Crippen molar-refractivity contribution in [2.75, 3.05) is 18.5 Å². The van der Waals surface area contributed by atoms with E-state index in [1.54, 1.807) is 29.8 Å². The van der Waals surface area contributed by atoms with Crippen LogP contribution in [0.25, 0.3) is 0 Å². The van der Waals surface area contributed by atoms with Gasteiger partial charge in [0.2, 0.25) is 29.5 Å². The molecule has 3 fully saturated rings. The highest BCUT2D eigenvalue weighted by Gasteiger charge is 2.59. The van der Waals surface area contributed by atoms with Crippen molar-refractivity contribution in [2.24, 2.45) is 58.0 Å². The van der Waals surface area contributed by atoms with Crippen LogP contribution in [0.3, 0.4) is 0 Å². The van der Waals surface area contributed by atoms with E-state index in [2.05, 4.69) is 62.0 Å². The fourth-order valence-electron chi connectivity index (χ4n) is 12.2. The molecule has 352 valence electrons. The molecule has 0 saturated heterocycles. The number of hydrogen-bond acceptors (Lipinski definition) is 7. The molecule has 0 radical (unpaired) electrons. The van der Waals surface area contributed by atoms with Crippen molar-refractivity contribution in [3.63, 3.8) is 0 Å². The number of allylic oxidation sites excluding steroid dienone is 1. The van der Waals surface area contributed by atoms with Crippen molar-refractivity contribution in [3.05, 3.63) is 41.5 Å². The normalized spacial score (nSPS) is 27.8. The summed E-state index contributed by atoms with van der Waals surface area (Å²) in [5.74, 6) is 2.16. The van der Waals surface area contributed by atoms with E-state index in [0.29, 0.717) is 36.2 Å². The van der Waals surface area contributed by atoms with Crippen molar-refractivity contribution in [1.29, 1.82) is 0 Å². The Morgan fingerprint density at radius 2 is 1.56 bits per heavy atom. The molecule has 1 aromatic carbocycles. The van der Waals surface area contributed by atoms with Gasteiger partial charge in [-0.1, -0.05) is 91.5 Å². The zero-order chi connectivity index (χ0) is 45.9. The molecule has 0 heterocycles. The fourth-order valence-corrected chi connectivity index (χ4v) is 12.2. The molecule has 5 amide bonds. The average molecular weight is 876 g/mol. The molecule has 0 aliphatic heterocycles. The van der Waals surface area contributed by atoms with Gasteiger partial charge in [0.1, 0.15) is 12.1 Å². The lowest BCUT2D eigenvalue weighted by atomic mass is 9.47. The minimum absolute atomic E-state index is 0.0108. The van der Waals surface area contributed by atoms with Crippen LogP contribution in [0.15, 0.2) is 35.9 Å². The molecule has 0 aromatic heterocycles. The van der Waals surface area contributed by atoms with Crippen LogP contribution in [0.4, 0.5) is 5.69 Å². The fraction of sp³-hybridized carbons (Fsp3) is 0.745. The zero-order valence-corrected chi connectivity index (χ0v) is 39.6. The largest absolute Gasteiger partial charge is 0.392 e. The monoisotopic (exact) mass is 876 g/mol. The van der Waals surface area contributed by atoms with Crippen LogP contribution in [0, 0.1) is 52.3 Å². The second-order valence-corrected chi connectivity index (χ2v) is 21.1. The first kappa shape index (κ1) is 50.2. The lowest BCUT2D eigenvalue weighted by Crippen LogP contribution is -2.54. The molecule has 0 spiro atoms. The Hall–Kier alpha value is -3.77. The Labute approximate surface area is 377 Å². The maximum atomic E-state index is 13.4. The quantitative estimate of drug-likeness (QED) is 0.0480. The van der Waals surface area contributed by atoms with E-state index in [4.69, 9.17) is 10.5 Å². The van der Waals surface area contributed by atoms with Crippen LogP contribution in [-0.2, 0) is 35.3 Å². The molecule has 3 saturated carbocycles. The number of fused-ring (bicyclic) bond motifs is 5. The Kier molecular flexibility index (Phi) is 18.3. The number of rotatable bonds is 23. The predicted octanol–water partition coefficient (Wildman–Crippen LogP) is 7.72. The number of nitrogens with one attached hydrogen (secondary N) is 4. The molecule has 10 atom stereocenters. The van der Waals surface area contributed by atoms with Gasteiger partial charge in [-0.05, 0) is 134 Å². The van der Waals surface area contributed by atoms with E-state index in [-0.39, 0.29) is 49.2 Å². The van der Waals surface area contributed by atoms with Gasteiger partial charge < -0.3 is 36.8 Å². The third kappa shape index (κ3) is 13.4. The summed E-state index contributed by atoms with van der Waals surface area (Å²) in [5, 5.41) is 20.1. The molecular weight excluding hydrogens is 795 g/mol. The maximum absolute atomic E-state index is 13.4. The van der Waals surface area contributed by atoms with Gasteiger partial charge in [-0.15, -0.1) is 0 Å². The summed E-state index contributed by atoms with van der Waals surface area (Å²) in [4.78, 5) is 63.9. The second kappa shape index (κ2) is 22.9. The summed E-state index contributed by atoms with van der Waals surface area (Å²) in [6.07, 6.45) is 17.4. The number of amides is 5. The second-order valence-electron chi connectivity index (χ2n) is 21.1. The predicted molar refractivity (Wildman–Crippen MR) is 248 cm³/mol. The number of primary amides is 1. The highest BCUT2D eigenvalue weighted by Crippen LogP contribution is 2.67. The number of carbonyl (C=O) groups is 5. The van der Waals surface area contributed by atoms with Crippen molar-refractivity contribution >= 4 is 35.2 Å². The number of ether oxygens (including phenoxy) is 1. The number of aliphatic hydroxyl groups is 1. The van der Waals surface area contributed by atoms with E-state index in [9.17, 15) is 29.1 Å². The van der Waals surface area contributed by atoms with Crippen LogP contribution >= 0.6 is 0 Å². The highest BCUT2D eigenvalue weighted by molar-refractivity contribution is 6.00. The lowest BCUT2D eigenvalue weighted by Gasteiger charge is -2.58. The van der Waals surface area contributed by atoms with Crippen molar-refractivity contribution in [3.8, 4) is 0 Å². The van der Waals surface area contributed by atoms with Gasteiger partial charge in [-0.2, -0.15) is 0 Å². The third-order valence-corrected chi connectivity index (χ3v) is 15.6. The molecule has 4 aliphatic rings. The minimum Gasteiger partial charge on any atom is -0.392 e. The van der Waals surface area contributed by atoms with Crippen LogP contribution in [-0.4, -0.2) is 66.0 Å². The van der Waals surface area contributed by atoms with E-state index in [1.165, 1.54) is 57.8 Å². The van der Waals surface area contributed by atoms with Gasteiger partial charge >= 0.3 is 0 Å². The molecule has 7 N–H and O–H groups in total. The topological polar surface area (TPSA) is 189 Å². The van der Waals surface area contributed by atoms with Crippen LogP contribution in [0.2, 0.25) is 0 Å². The first-order valence-corrected chi connectivity index (χ1v) is 24.4. The Balaban J connectivity index is 1.01. The summed E-state index contributed by atoms with van der Waals surface area (Å²) >= 11 is 0. The average Bonchev–Trinajstić information content (AvgIpc) is 3.59. The van der Waals surface area contributed by atoms with Gasteiger partial charge in [0.25, 0.3) is 0 Å². The van der Waals surface area contributed by atoms with Gasteiger partial charge in [0.15, 0.2) is 0 Å². The van der Waals surface area contributed by atoms with E-state index >= 15 is 0 Å². The number of aliphatic hydroxyl groups excluding tert-OH is 1. The Morgan fingerprint density at radius 1 is 0.825 bits per heavy atom. The molecule has 5 rings (SSSR count). The van der Waals surface area contributed by atoms with Gasteiger partial charge in [-0.25, -0.2) is 0 Å². The van der Waals surface area contributed by atoms with Crippen LogP contribution < -0.4 is 27.0 Å². The van der Waals surface area contributed by atoms with E-state index < -0.39 is 42.1 Å². The Morgan fingerprint density at radius 3 is 2.24 bits per heavy atom. The van der Waals surface area contributed by atoms with Crippen molar-refractivity contribution < 1.29 is 33.8 Å². The molecule has 12 nitrogen and oxygen atoms in total. The van der Waals surface area contributed by atoms with Gasteiger partial charge in [-0.3, -0.25) is 24.0 Å². The number of anilines is 1. The standard InChI is InChI=1S/C51H81N5O7/c1-32(2)10-8-11-34(5)40-18-19-41-39-17-14-36-29-38(22-24-50(36,6)42(39)23-25-51(40,41)7)63-27-9-26-53-46(59)20-21-47(60)55-43(28-33(3)4)49(62)56-44(30-45(52)58)48(61)54-37-15-12-35(31-57)13-16-37/h12-16,32-34,38-44,57H,8-11,17-31H2,1-7H3,(H2,52,58)(H,53,59)(H,54,61)(H,55,60)(H,56,62)/t34?,38-,39-,40+,41?,42-,43?,44-,50-,51+/m0/s1. The highest BCUT2D eigenvalue weighted by atomic mass is 16.5. The number of benzene rings is 1. The van der Waals surface area contributed by atoms with Crippen molar-refractivity contribution in [2.45, 2.75) is 176 Å². The van der Waals surface area contributed by atoms with E-state index in [1.807, 2.05) is 13.8 Å².